The van der Waals surface area contributed by atoms with Gasteiger partial charge in [-0.15, -0.1) is 0 Å². The van der Waals surface area contributed by atoms with E-state index in [2.05, 4.69) is 15.3 Å². The largest absolute Gasteiger partial charge is 0.369 e. The maximum absolute atomic E-state index is 5.84. The lowest BCUT2D eigenvalue weighted by Crippen LogP contribution is -2.26. The van der Waals surface area contributed by atoms with Gasteiger partial charge in [0.1, 0.15) is 0 Å². The summed E-state index contributed by atoms with van der Waals surface area (Å²) in [5.74, 6) is 0.321. The van der Waals surface area contributed by atoms with E-state index in [1.165, 1.54) is 0 Å². The van der Waals surface area contributed by atoms with Gasteiger partial charge in [-0.3, -0.25) is 0 Å². The zero-order valence-corrected chi connectivity index (χ0v) is 12.2. The number of hydrogen-bond donors (Lipinski definition) is 3. The Morgan fingerprint density at radius 2 is 1.52 bits per heavy atom. The van der Waals surface area contributed by atoms with Crippen molar-refractivity contribution in [3.8, 4) is 0 Å². The summed E-state index contributed by atoms with van der Waals surface area (Å²) in [6.07, 6.45) is 0. The number of anilines is 1. The normalized spacial score (nSPS) is 12.3. The van der Waals surface area contributed by atoms with Crippen LogP contribution in [0.25, 0.3) is 0 Å². The van der Waals surface area contributed by atoms with Crippen LogP contribution in [0.1, 0.15) is 11.1 Å². The Labute approximate surface area is 124 Å². The molecular formula is C16H19N5. The van der Waals surface area contributed by atoms with E-state index in [0.29, 0.717) is 0 Å². The Hall–Kier alpha value is -2.82. The molecule has 0 aliphatic heterocycles. The molecule has 0 aromatic heterocycles. The molecular weight excluding hydrogens is 262 g/mol. The Balaban J connectivity index is 2.18. The minimum atomic E-state index is 0.119. The van der Waals surface area contributed by atoms with Gasteiger partial charge in [0, 0.05) is 5.69 Å². The molecule has 0 fully saturated rings. The lowest BCUT2D eigenvalue weighted by Gasteiger charge is -2.06. The third-order valence-electron chi connectivity index (χ3n) is 2.95. The monoisotopic (exact) mass is 281 g/mol. The van der Waals surface area contributed by atoms with Gasteiger partial charge in [-0.05, 0) is 37.1 Å². The van der Waals surface area contributed by atoms with Crippen molar-refractivity contribution in [2.24, 2.45) is 21.5 Å². The average molecular weight is 281 g/mol. The molecule has 2 aromatic carbocycles. The molecule has 0 saturated heterocycles. The minimum absolute atomic E-state index is 0.119. The van der Waals surface area contributed by atoms with Gasteiger partial charge in [0.05, 0.1) is 5.69 Å². The second-order valence-electron chi connectivity index (χ2n) is 4.70. The number of benzene rings is 2. The molecule has 5 heteroatoms. The van der Waals surface area contributed by atoms with Crippen LogP contribution in [0.4, 0.5) is 11.4 Å². The molecule has 0 atom stereocenters. The molecule has 0 radical (unpaired) electrons. The summed E-state index contributed by atoms with van der Waals surface area (Å²) in [5, 5.41) is 2.95. The molecule has 2 aromatic rings. The van der Waals surface area contributed by atoms with Gasteiger partial charge < -0.3 is 16.8 Å². The summed E-state index contributed by atoms with van der Waals surface area (Å²) in [6, 6.07) is 15.5. The molecule has 0 amide bonds. The first-order chi connectivity index (χ1) is 10.1. The van der Waals surface area contributed by atoms with Crippen LogP contribution >= 0.6 is 0 Å². The number of aryl methyl sites for hydroxylation is 2. The van der Waals surface area contributed by atoms with E-state index in [0.717, 1.165) is 22.5 Å². The van der Waals surface area contributed by atoms with Crippen LogP contribution in [0.5, 0.6) is 0 Å². The van der Waals surface area contributed by atoms with Crippen LogP contribution in [0.2, 0.25) is 0 Å². The number of nitrogens with one attached hydrogen (secondary N) is 1. The summed E-state index contributed by atoms with van der Waals surface area (Å²) >= 11 is 0. The average Bonchev–Trinajstić information content (AvgIpc) is 2.44. The second-order valence-corrected chi connectivity index (χ2v) is 4.70. The molecule has 0 unspecified atom stereocenters. The number of aliphatic imine (C=N–C) groups is 2. The van der Waals surface area contributed by atoms with Gasteiger partial charge in [0.25, 0.3) is 0 Å². The Bertz CT molecular complexity index is 654. The number of para-hydroxylation sites is 2. The molecule has 0 heterocycles. The molecule has 0 bridgehead atoms. The summed E-state index contributed by atoms with van der Waals surface area (Å²) in [7, 11) is 0. The van der Waals surface area contributed by atoms with E-state index in [1.54, 1.807) is 0 Å². The molecule has 2 rings (SSSR count). The van der Waals surface area contributed by atoms with Gasteiger partial charge in [0.2, 0.25) is 11.9 Å². The summed E-state index contributed by atoms with van der Waals surface area (Å²) < 4.78 is 0. The number of hydrogen-bond acceptors (Lipinski definition) is 1. The first-order valence-electron chi connectivity index (χ1n) is 6.63. The number of guanidine groups is 2. The molecule has 0 aliphatic carbocycles. The van der Waals surface area contributed by atoms with E-state index >= 15 is 0 Å². The molecule has 0 aliphatic rings. The first-order valence-corrected chi connectivity index (χ1v) is 6.63. The highest BCUT2D eigenvalue weighted by molar-refractivity contribution is 6.01. The fraction of sp³-hybridized carbons (Fsp3) is 0.125. The van der Waals surface area contributed by atoms with Crippen molar-refractivity contribution in [1.29, 1.82) is 0 Å². The van der Waals surface area contributed by atoms with Crippen LogP contribution in [0, 0.1) is 13.8 Å². The highest BCUT2D eigenvalue weighted by Gasteiger charge is 2.02. The Morgan fingerprint density at radius 1 is 0.905 bits per heavy atom. The molecule has 5 N–H and O–H groups in total. The zero-order chi connectivity index (χ0) is 15.2. The minimum Gasteiger partial charge on any atom is -0.369 e. The first kappa shape index (κ1) is 14.6. The molecule has 108 valence electrons. The van der Waals surface area contributed by atoms with Crippen LogP contribution in [-0.2, 0) is 0 Å². The maximum atomic E-state index is 5.84. The predicted molar refractivity (Wildman–Crippen MR) is 88.9 cm³/mol. The highest BCUT2D eigenvalue weighted by Crippen LogP contribution is 2.22. The number of nitrogens with zero attached hydrogens (tertiary/aromatic N) is 2. The van der Waals surface area contributed by atoms with Crippen molar-refractivity contribution in [2.75, 3.05) is 5.32 Å². The van der Waals surface area contributed by atoms with E-state index in [1.807, 2.05) is 62.4 Å². The van der Waals surface area contributed by atoms with Gasteiger partial charge in [-0.25, -0.2) is 4.99 Å². The molecule has 21 heavy (non-hydrogen) atoms. The van der Waals surface area contributed by atoms with E-state index in [4.69, 9.17) is 11.5 Å². The van der Waals surface area contributed by atoms with Crippen LogP contribution in [-0.4, -0.2) is 11.9 Å². The molecule has 0 saturated carbocycles. The highest BCUT2D eigenvalue weighted by atomic mass is 15.2. The fourth-order valence-electron chi connectivity index (χ4n) is 1.94. The van der Waals surface area contributed by atoms with Gasteiger partial charge in [0.15, 0.2) is 0 Å². The quantitative estimate of drug-likeness (QED) is 0.584. The predicted octanol–water partition coefficient (Wildman–Crippen LogP) is 2.68. The molecule has 0 spiro atoms. The number of rotatable bonds is 2. The van der Waals surface area contributed by atoms with Crippen LogP contribution in [0.15, 0.2) is 58.5 Å². The van der Waals surface area contributed by atoms with Gasteiger partial charge in [-0.2, -0.15) is 4.99 Å². The van der Waals surface area contributed by atoms with Crippen molar-refractivity contribution in [3.05, 3.63) is 59.7 Å². The topological polar surface area (TPSA) is 88.8 Å². The lowest BCUT2D eigenvalue weighted by molar-refractivity contribution is 1.30. The SMILES string of the molecule is Cc1cccc(C)c1N=C(N)/N=C(\N)Nc1ccccc1. The zero-order valence-electron chi connectivity index (χ0n) is 12.2. The van der Waals surface area contributed by atoms with E-state index < -0.39 is 0 Å². The third-order valence-corrected chi connectivity index (χ3v) is 2.95. The summed E-state index contributed by atoms with van der Waals surface area (Å²) in [5.41, 5.74) is 15.4. The lowest BCUT2D eigenvalue weighted by atomic mass is 10.1. The summed E-state index contributed by atoms with van der Waals surface area (Å²) in [6.45, 7) is 3.96. The van der Waals surface area contributed by atoms with Crippen molar-refractivity contribution in [1.82, 2.24) is 0 Å². The van der Waals surface area contributed by atoms with Crippen molar-refractivity contribution in [3.63, 3.8) is 0 Å². The molecule has 5 nitrogen and oxygen atoms in total. The summed E-state index contributed by atoms with van der Waals surface area (Å²) in [4.78, 5) is 8.39. The van der Waals surface area contributed by atoms with Crippen LogP contribution in [0.3, 0.4) is 0 Å². The third kappa shape index (κ3) is 4.07. The van der Waals surface area contributed by atoms with Crippen molar-refractivity contribution in [2.45, 2.75) is 13.8 Å². The smallest absolute Gasteiger partial charge is 0.223 e. The standard InChI is InChI=1S/C16H19N5/c1-11-7-6-8-12(2)14(11)20-16(18)21-15(17)19-13-9-4-3-5-10-13/h3-10H,1-2H3,(H5,17,18,19,20,21). The maximum Gasteiger partial charge on any atom is 0.223 e. The van der Waals surface area contributed by atoms with Gasteiger partial charge in [-0.1, -0.05) is 36.4 Å². The van der Waals surface area contributed by atoms with E-state index in [9.17, 15) is 0 Å². The number of nitrogens with two attached hydrogens (primary N) is 2. The second kappa shape index (κ2) is 6.56. The fourth-order valence-corrected chi connectivity index (χ4v) is 1.94. The van der Waals surface area contributed by atoms with Crippen LogP contribution < -0.4 is 16.8 Å². The Kier molecular flexibility index (Phi) is 4.56. The van der Waals surface area contributed by atoms with Crippen molar-refractivity contribution >= 4 is 23.3 Å². The van der Waals surface area contributed by atoms with E-state index in [-0.39, 0.29) is 11.9 Å². The Morgan fingerprint density at radius 3 is 2.14 bits per heavy atom. The van der Waals surface area contributed by atoms with Gasteiger partial charge >= 0.3 is 0 Å². The van der Waals surface area contributed by atoms with Crippen molar-refractivity contribution < 1.29 is 0 Å².